The molecular formula is C11H8ClFO3. The third-order valence-corrected chi connectivity index (χ3v) is 2.79. The number of hydrogen-bond donors (Lipinski definition) is 0. The molecule has 5 heteroatoms. The fourth-order valence-corrected chi connectivity index (χ4v) is 2.11. The first kappa shape index (κ1) is 11.1. The van der Waals surface area contributed by atoms with E-state index in [2.05, 4.69) is 4.74 Å². The molecule has 1 aliphatic heterocycles. The summed E-state index contributed by atoms with van der Waals surface area (Å²) in [6.07, 6.45) is -0.0429. The van der Waals surface area contributed by atoms with Gasteiger partial charge in [-0.1, -0.05) is 17.7 Å². The molecule has 16 heavy (non-hydrogen) atoms. The minimum atomic E-state index is -0.638. The highest BCUT2D eigenvalue weighted by Gasteiger charge is 2.31. The van der Waals surface area contributed by atoms with Crippen LogP contribution in [0.5, 0.6) is 0 Å². The maximum atomic E-state index is 13.5. The summed E-state index contributed by atoms with van der Waals surface area (Å²) in [6, 6.07) is 4.26. The number of carbonyl (C=O) groups excluding carboxylic acids is 2. The molecule has 1 aromatic rings. The van der Waals surface area contributed by atoms with E-state index in [-0.39, 0.29) is 23.4 Å². The maximum absolute atomic E-state index is 13.5. The average molecular weight is 243 g/mol. The summed E-state index contributed by atoms with van der Waals surface area (Å²) in [6.45, 7) is 0. The van der Waals surface area contributed by atoms with Crippen molar-refractivity contribution in [2.45, 2.75) is 18.8 Å². The predicted molar refractivity (Wildman–Crippen MR) is 54.5 cm³/mol. The van der Waals surface area contributed by atoms with E-state index in [9.17, 15) is 14.0 Å². The van der Waals surface area contributed by atoms with Crippen molar-refractivity contribution in [1.29, 1.82) is 0 Å². The Balaban J connectivity index is 2.36. The summed E-state index contributed by atoms with van der Waals surface area (Å²) in [5.74, 6) is -2.30. The predicted octanol–water partition coefficient (Wildman–Crippen LogP) is 2.43. The van der Waals surface area contributed by atoms with Gasteiger partial charge in [0.1, 0.15) is 5.82 Å². The highest BCUT2D eigenvalue weighted by atomic mass is 35.5. The van der Waals surface area contributed by atoms with Crippen LogP contribution in [0, 0.1) is 5.82 Å². The molecule has 0 spiro atoms. The molecular weight excluding hydrogens is 235 g/mol. The normalized spacial score (nSPS) is 17.4. The van der Waals surface area contributed by atoms with Crippen LogP contribution in [0.1, 0.15) is 24.3 Å². The molecule has 1 heterocycles. The Hall–Kier alpha value is -1.42. The third-order valence-electron chi connectivity index (χ3n) is 2.46. The summed E-state index contributed by atoms with van der Waals surface area (Å²) >= 11 is 5.85. The zero-order chi connectivity index (χ0) is 11.7. The largest absolute Gasteiger partial charge is 0.393 e. The Labute approximate surface area is 96.2 Å². The summed E-state index contributed by atoms with van der Waals surface area (Å²) in [4.78, 5) is 22.1. The van der Waals surface area contributed by atoms with E-state index in [1.165, 1.54) is 18.2 Å². The third kappa shape index (κ3) is 2.07. The van der Waals surface area contributed by atoms with E-state index < -0.39 is 23.7 Å². The van der Waals surface area contributed by atoms with Gasteiger partial charge in [-0.3, -0.25) is 9.59 Å². The molecule has 0 amide bonds. The van der Waals surface area contributed by atoms with Crippen molar-refractivity contribution >= 4 is 23.5 Å². The van der Waals surface area contributed by atoms with Crippen molar-refractivity contribution in [3.05, 3.63) is 34.6 Å². The first-order chi connectivity index (χ1) is 7.58. The van der Waals surface area contributed by atoms with Gasteiger partial charge >= 0.3 is 11.9 Å². The molecule has 0 N–H and O–H groups in total. The van der Waals surface area contributed by atoms with E-state index in [1.807, 2.05) is 0 Å². The molecule has 3 nitrogen and oxygen atoms in total. The minimum Gasteiger partial charge on any atom is -0.393 e. The number of rotatable bonds is 1. The van der Waals surface area contributed by atoms with Crippen LogP contribution in [-0.4, -0.2) is 11.9 Å². The number of esters is 2. The Morgan fingerprint density at radius 1 is 1.25 bits per heavy atom. The van der Waals surface area contributed by atoms with Crippen LogP contribution in [0.2, 0.25) is 5.02 Å². The molecule has 1 saturated heterocycles. The van der Waals surface area contributed by atoms with Crippen molar-refractivity contribution in [2.75, 3.05) is 0 Å². The van der Waals surface area contributed by atoms with Gasteiger partial charge in [-0.05, 0) is 12.1 Å². The topological polar surface area (TPSA) is 43.4 Å². The molecule has 0 aromatic heterocycles. The molecule has 0 saturated carbocycles. The second kappa shape index (κ2) is 4.22. The van der Waals surface area contributed by atoms with Crippen LogP contribution in [0.15, 0.2) is 18.2 Å². The monoisotopic (exact) mass is 242 g/mol. The van der Waals surface area contributed by atoms with Crippen molar-refractivity contribution in [1.82, 2.24) is 0 Å². The SMILES string of the molecule is O=C1CC(c2c(F)cccc2Cl)CC(=O)O1. The van der Waals surface area contributed by atoms with E-state index in [0.29, 0.717) is 0 Å². The van der Waals surface area contributed by atoms with Gasteiger partial charge in [-0.2, -0.15) is 0 Å². The Morgan fingerprint density at radius 2 is 1.88 bits per heavy atom. The molecule has 1 aromatic carbocycles. The first-order valence-corrected chi connectivity index (χ1v) is 5.13. The lowest BCUT2D eigenvalue weighted by atomic mass is 9.90. The summed E-state index contributed by atoms with van der Waals surface area (Å²) in [7, 11) is 0. The molecule has 84 valence electrons. The summed E-state index contributed by atoms with van der Waals surface area (Å²) < 4.78 is 17.9. The van der Waals surface area contributed by atoms with Crippen LogP contribution in [0.3, 0.4) is 0 Å². The summed E-state index contributed by atoms with van der Waals surface area (Å²) in [5, 5.41) is 0.229. The molecule has 1 fully saturated rings. The van der Waals surface area contributed by atoms with Crippen LogP contribution >= 0.6 is 11.6 Å². The number of ether oxygens (including phenoxy) is 1. The number of benzene rings is 1. The second-order valence-corrected chi connectivity index (χ2v) is 3.99. The Bertz CT molecular complexity index is 422. The van der Waals surface area contributed by atoms with E-state index in [4.69, 9.17) is 11.6 Å². The van der Waals surface area contributed by atoms with Crippen molar-refractivity contribution in [3.63, 3.8) is 0 Å². The molecule has 0 bridgehead atoms. The fraction of sp³-hybridized carbons (Fsp3) is 0.273. The van der Waals surface area contributed by atoms with Crippen molar-refractivity contribution in [2.24, 2.45) is 0 Å². The highest BCUT2D eigenvalue weighted by Crippen LogP contribution is 2.34. The van der Waals surface area contributed by atoms with Gasteiger partial charge in [0.25, 0.3) is 0 Å². The zero-order valence-corrected chi connectivity index (χ0v) is 8.96. The smallest absolute Gasteiger partial charge is 0.314 e. The van der Waals surface area contributed by atoms with Gasteiger partial charge in [0.15, 0.2) is 0 Å². The van der Waals surface area contributed by atoms with Gasteiger partial charge in [0.05, 0.1) is 12.8 Å². The molecule has 0 radical (unpaired) electrons. The number of carbonyl (C=O) groups is 2. The lowest BCUT2D eigenvalue weighted by Crippen LogP contribution is -2.24. The molecule has 2 rings (SSSR count). The van der Waals surface area contributed by atoms with Crippen LogP contribution in [-0.2, 0) is 14.3 Å². The van der Waals surface area contributed by atoms with E-state index in [0.717, 1.165) is 0 Å². The number of hydrogen-bond acceptors (Lipinski definition) is 3. The van der Waals surface area contributed by atoms with Crippen LogP contribution in [0.25, 0.3) is 0 Å². The minimum absolute atomic E-state index is 0.0214. The quantitative estimate of drug-likeness (QED) is 0.561. The van der Waals surface area contributed by atoms with Crippen LogP contribution < -0.4 is 0 Å². The molecule has 0 aliphatic carbocycles. The average Bonchev–Trinajstić information content (AvgIpc) is 2.15. The van der Waals surface area contributed by atoms with E-state index >= 15 is 0 Å². The van der Waals surface area contributed by atoms with Gasteiger partial charge in [0, 0.05) is 16.5 Å². The van der Waals surface area contributed by atoms with Gasteiger partial charge in [-0.25, -0.2) is 4.39 Å². The number of cyclic esters (lactones) is 2. The van der Waals surface area contributed by atoms with Gasteiger partial charge in [0.2, 0.25) is 0 Å². The second-order valence-electron chi connectivity index (χ2n) is 3.59. The van der Waals surface area contributed by atoms with E-state index in [1.54, 1.807) is 0 Å². The zero-order valence-electron chi connectivity index (χ0n) is 8.20. The highest BCUT2D eigenvalue weighted by molar-refractivity contribution is 6.31. The lowest BCUT2D eigenvalue weighted by Gasteiger charge is -2.21. The first-order valence-electron chi connectivity index (χ1n) is 4.75. The Morgan fingerprint density at radius 3 is 2.44 bits per heavy atom. The molecule has 0 atom stereocenters. The fourth-order valence-electron chi connectivity index (χ4n) is 1.79. The standard InChI is InChI=1S/C11H8ClFO3/c12-7-2-1-3-8(13)11(7)6-4-9(14)16-10(15)5-6/h1-3,6H,4-5H2. The van der Waals surface area contributed by atoms with Crippen molar-refractivity contribution < 1.29 is 18.7 Å². The van der Waals surface area contributed by atoms with Crippen LogP contribution in [0.4, 0.5) is 4.39 Å². The van der Waals surface area contributed by atoms with Crippen molar-refractivity contribution in [3.8, 4) is 0 Å². The summed E-state index contributed by atoms with van der Waals surface area (Å²) in [5.41, 5.74) is 0.217. The lowest BCUT2D eigenvalue weighted by molar-refractivity contribution is -0.163. The maximum Gasteiger partial charge on any atom is 0.314 e. The molecule has 1 aliphatic rings. The molecule has 0 unspecified atom stereocenters. The Kier molecular flexibility index (Phi) is 2.92. The van der Waals surface area contributed by atoms with Gasteiger partial charge < -0.3 is 4.74 Å². The number of halogens is 2. The van der Waals surface area contributed by atoms with Gasteiger partial charge in [-0.15, -0.1) is 0 Å².